The number of aromatic nitrogens is 3. The normalized spacial score (nSPS) is 20.6. The smallest absolute Gasteiger partial charge is 0.490 e. The predicted molar refractivity (Wildman–Crippen MR) is 145 cm³/mol. The van der Waals surface area contributed by atoms with E-state index in [0.29, 0.717) is 41.5 Å². The van der Waals surface area contributed by atoms with E-state index in [2.05, 4.69) is 15.5 Å². The van der Waals surface area contributed by atoms with E-state index in [4.69, 9.17) is 15.6 Å². The molecule has 3 amide bonds. The summed E-state index contributed by atoms with van der Waals surface area (Å²) in [7, 11) is 0. The number of anilines is 1. The molecule has 5 rings (SSSR count). The van der Waals surface area contributed by atoms with Gasteiger partial charge in [-0.1, -0.05) is 11.3 Å². The number of fused-ring (bicyclic) bond motifs is 1. The number of carbonyl (C=O) groups excluding carboxylic acids is 4. The number of nitrogens with two attached hydrogens (primary N) is 1. The molecule has 44 heavy (non-hydrogen) atoms. The molecule has 3 aliphatic rings. The van der Waals surface area contributed by atoms with Crippen LogP contribution >= 0.6 is 23.1 Å². The van der Waals surface area contributed by atoms with Gasteiger partial charge in [0.15, 0.2) is 12.4 Å². The van der Waals surface area contributed by atoms with Crippen LogP contribution in [-0.4, -0.2) is 84.7 Å². The highest BCUT2D eigenvalue weighted by Crippen LogP contribution is 2.40. The lowest BCUT2D eigenvalue weighted by molar-refractivity contribution is -0.684. The van der Waals surface area contributed by atoms with Gasteiger partial charge in [0, 0.05) is 29.5 Å². The lowest BCUT2D eigenvalue weighted by Crippen LogP contribution is -2.69. The van der Waals surface area contributed by atoms with Crippen LogP contribution in [0.15, 0.2) is 47.4 Å². The molecule has 2 aromatic heterocycles. The van der Waals surface area contributed by atoms with E-state index < -0.39 is 35.4 Å². The second-order valence-electron chi connectivity index (χ2n) is 9.61. The SMILES string of the molecule is Cc1nnc(NC(=O)C[n+]2cccc(CN3CC/C(=C\C4=C(C(=O)[O-])N5C(=O)[C@@H](N)[C@H]5SC4)C3=O)c2)s1.O=C(O)C(F)(F)F. The second kappa shape index (κ2) is 13.1. The van der Waals surface area contributed by atoms with E-state index in [-0.39, 0.29) is 24.1 Å². The van der Waals surface area contributed by atoms with Gasteiger partial charge in [-0.05, 0) is 31.1 Å². The highest BCUT2D eigenvalue weighted by Gasteiger charge is 2.50. The second-order valence-corrected chi connectivity index (χ2v) is 11.9. The molecule has 234 valence electrons. The molecule has 0 saturated carbocycles. The molecule has 0 aliphatic carbocycles. The molecule has 2 aromatic rings. The van der Waals surface area contributed by atoms with Gasteiger partial charge in [-0.3, -0.25) is 24.6 Å². The van der Waals surface area contributed by atoms with Crippen LogP contribution in [0.3, 0.4) is 0 Å². The Kier molecular flexibility index (Phi) is 9.69. The number of amides is 3. The zero-order chi connectivity index (χ0) is 32.3. The van der Waals surface area contributed by atoms with Gasteiger partial charge >= 0.3 is 12.1 Å². The van der Waals surface area contributed by atoms with Crippen molar-refractivity contribution in [3.05, 3.63) is 58.0 Å². The summed E-state index contributed by atoms with van der Waals surface area (Å²) in [5.41, 5.74) is 7.26. The number of halogens is 3. The standard InChI is InChI=1S/C23H23N7O5S2.C2HF3O2/c1-12-26-27-23(37-12)25-16(31)10-28-5-2-3-13(8-28)9-29-6-4-14(19(29)32)7-15-11-36-21-17(24)20(33)30(21)18(15)22(34)35;3-2(4,5)1(6)7/h2-3,5,7-8,17,21H,4,6,9-11,24H2,1H3,(H-,25,27,31,34,35);(H,6,7)/b14-7+;/t17-,21-;/m1./s1. The number of β-lactam (4-membered cyclic amide) rings is 1. The Balaban J connectivity index is 0.000000566. The summed E-state index contributed by atoms with van der Waals surface area (Å²) in [6, 6.07) is 2.94. The number of hydrogen-bond donors (Lipinski definition) is 3. The Morgan fingerprint density at radius 1 is 1.30 bits per heavy atom. The fourth-order valence-corrected chi connectivity index (χ4v) is 6.32. The van der Waals surface area contributed by atoms with Crippen LogP contribution in [0.1, 0.15) is 17.0 Å². The number of rotatable bonds is 7. The summed E-state index contributed by atoms with van der Waals surface area (Å²) in [6.45, 7) is 2.67. The fraction of sp³-hybridized carbons (Fsp3) is 0.360. The van der Waals surface area contributed by atoms with Gasteiger partial charge in [-0.25, -0.2) is 4.79 Å². The van der Waals surface area contributed by atoms with Crippen molar-refractivity contribution < 1.29 is 51.9 Å². The first-order valence-electron chi connectivity index (χ1n) is 12.7. The average Bonchev–Trinajstić information content (AvgIpc) is 3.51. The maximum atomic E-state index is 13.1. The Morgan fingerprint density at radius 3 is 2.61 bits per heavy atom. The van der Waals surface area contributed by atoms with Crippen molar-refractivity contribution in [2.24, 2.45) is 5.73 Å². The van der Waals surface area contributed by atoms with E-state index in [1.165, 1.54) is 23.1 Å². The molecule has 2 fully saturated rings. The number of aryl methyl sites for hydroxylation is 1. The van der Waals surface area contributed by atoms with Gasteiger partial charge in [-0.2, -0.15) is 17.7 Å². The first-order chi connectivity index (χ1) is 20.6. The van der Waals surface area contributed by atoms with Crippen LogP contribution in [0.2, 0.25) is 0 Å². The summed E-state index contributed by atoms with van der Waals surface area (Å²) in [6.07, 6.45) is 0.489. The highest BCUT2D eigenvalue weighted by molar-refractivity contribution is 8.00. The molecule has 2 saturated heterocycles. The van der Waals surface area contributed by atoms with Gasteiger partial charge in [0.25, 0.3) is 5.91 Å². The Labute approximate surface area is 255 Å². The highest BCUT2D eigenvalue weighted by atomic mass is 32.2. The molecule has 14 nitrogen and oxygen atoms in total. The van der Waals surface area contributed by atoms with Gasteiger partial charge in [0.05, 0.1) is 18.2 Å². The number of allylic oxidation sites excluding steroid dienone is 1. The Morgan fingerprint density at radius 2 is 2.00 bits per heavy atom. The van der Waals surface area contributed by atoms with Crippen molar-refractivity contribution in [1.29, 1.82) is 0 Å². The lowest BCUT2D eigenvalue weighted by Gasteiger charge is -2.49. The molecule has 0 aromatic carbocycles. The average molecular weight is 656 g/mol. The maximum Gasteiger partial charge on any atom is 0.490 e. The maximum absolute atomic E-state index is 13.1. The van der Waals surface area contributed by atoms with E-state index in [1.807, 2.05) is 6.07 Å². The van der Waals surface area contributed by atoms with Crippen LogP contribution in [0.25, 0.3) is 0 Å². The fourth-order valence-electron chi connectivity index (χ4n) is 4.46. The molecule has 5 heterocycles. The van der Waals surface area contributed by atoms with Gasteiger partial charge in [0.1, 0.15) is 16.4 Å². The number of carboxylic acid groups (broad SMARTS) is 2. The number of carboxylic acids is 2. The number of alkyl halides is 3. The van der Waals surface area contributed by atoms with E-state index in [0.717, 1.165) is 15.5 Å². The third-order valence-electron chi connectivity index (χ3n) is 6.43. The molecule has 0 radical (unpaired) electrons. The minimum atomic E-state index is -5.08. The number of nitrogens with one attached hydrogen (secondary N) is 1. The number of carbonyl (C=O) groups is 5. The Bertz CT molecular complexity index is 1580. The third kappa shape index (κ3) is 7.40. The van der Waals surface area contributed by atoms with E-state index in [9.17, 15) is 37.5 Å². The molecule has 0 spiro atoms. The number of hydrogen-bond acceptors (Lipinski definition) is 11. The third-order valence-corrected chi connectivity index (χ3v) is 8.51. The molecule has 3 aliphatic heterocycles. The zero-order valence-electron chi connectivity index (χ0n) is 22.7. The molecule has 4 N–H and O–H groups in total. The van der Waals surface area contributed by atoms with E-state index in [1.54, 1.807) is 40.9 Å². The van der Waals surface area contributed by atoms with Gasteiger partial charge in [0.2, 0.25) is 23.5 Å². The van der Waals surface area contributed by atoms with Crippen LogP contribution in [0.4, 0.5) is 18.3 Å². The number of thioether (sulfide) groups is 1. The molecule has 19 heteroatoms. The quantitative estimate of drug-likeness (QED) is 0.194. The molecule has 0 unspecified atom stereocenters. The molecule has 2 atom stereocenters. The number of likely N-dealkylation sites (tertiary alicyclic amines) is 1. The van der Waals surface area contributed by atoms with Gasteiger partial charge < -0.3 is 25.6 Å². The number of pyridine rings is 1. The van der Waals surface area contributed by atoms with Crippen molar-refractivity contribution in [3.8, 4) is 0 Å². The van der Waals surface area contributed by atoms with Crippen molar-refractivity contribution >= 4 is 57.9 Å². The van der Waals surface area contributed by atoms with Crippen LogP contribution in [-0.2, 0) is 37.1 Å². The van der Waals surface area contributed by atoms with Gasteiger partial charge in [-0.15, -0.1) is 22.0 Å². The monoisotopic (exact) mass is 655 g/mol. The minimum Gasteiger partial charge on any atom is -0.543 e. The summed E-state index contributed by atoms with van der Waals surface area (Å²) in [5, 5.41) is 30.2. The first kappa shape index (κ1) is 32.6. The zero-order valence-corrected chi connectivity index (χ0v) is 24.4. The largest absolute Gasteiger partial charge is 0.543 e. The minimum absolute atomic E-state index is 0.0727. The molecular formula is C25H24F3N7O7S2. The van der Waals surface area contributed by atoms with Crippen LogP contribution in [0.5, 0.6) is 0 Å². The first-order valence-corrected chi connectivity index (χ1v) is 14.5. The summed E-state index contributed by atoms with van der Waals surface area (Å²) < 4.78 is 33.5. The van der Waals surface area contributed by atoms with Crippen molar-refractivity contribution in [2.45, 2.75) is 44.0 Å². The number of aliphatic carboxylic acids is 2. The Hall–Kier alpha value is -4.36. The number of nitrogens with zero attached hydrogens (tertiary/aromatic N) is 5. The molecular weight excluding hydrogens is 631 g/mol. The summed E-state index contributed by atoms with van der Waals surface area (Å²) in [4.78, 5) is 61.1. The summed E-state index contributed by atoms with van der Waals surface area (Å²) in [5.74, 6) is -4.81. The predicted octanol–water partition coefficient (Wildman–Crippen LogP) is -0.689. The van der Waals surface area contributed by atoms with E-state index >= 15 is 0 Å². The molecule has 0 bridgehead atoms. The topological polar surface area (TPSA) is 203 Å². The summed E-state index contributed by atoms with van der Waals surface area (Å²) >= 11 is 2.66. The van der Waals surface area contributed by atoms with Crippen LogP contribution in [0, 0.1) is 6.92 Å². The lowest BCUT2D eigenvalue weighted by atomic mass is 10.0. The van der Waals surface area contributed by atoms with Crippen molar-refractivity contribution in [1.82, 2.24) is 20.0 Å². The van der Waals surface area contributed by atoms with Crippen LogP contribution < -0.4 is 20.7 Å². The van der Waals surface area contributed by atoms with Crippen molar-refractivity contribution in [2.75, 3.05) is 17.6 Å². The van der Waals surface area contributed by atoms with Crippen molar-refractivity contribution in [3.63, 3.8) is 0 Å².